The minimum Gasteiger partial charge on any atom is -0.426 e. The molecule has 3 heteroatoms. The summed E-state index contributed by atoms with van der Waals surface area (Å²) < 4.78 is 10.7. The first kappa shape index (κ1) is 12.1. The van der Waals surface area contributed by atoms with Gasteiger partial charge < -0.3 is 9.47 Å². The molecule has 1 atom stereocenters. The molecular formula is C14H18O3. The molecule has 1 aromatic rings. The van der Waals surface area contributed by atoms with Crippen LogP contribution in [0.3, 0.4) is 0 Å². The van der Waals surface area contributed by atoms with E-state index in [1.54, 1.807) is 0 Å². The molecule has 0 bridgehead atoms. The van der Waals surface area contributed by atoms with Crippen molar-refractivity contribution < 1.29 is 14.3 Å². The van der Waals surface area contributed by atoms with Gasteiger partial charge in [0.2, 0.25) is 0 Å². The number of carbonyl (C=O) groups is 1. The van der Waals surface area contributed by atoms with E-state index in [0.29, 0.717) is 19.0 Å². The van der Waals surface area contributed by atoms with Crippen LogP contribution in [-0.2, 0) is 9.53 Å². The molecule has 0 aromatic heterocycles. The minimum atomic E-state index is -0.169. The van der Waals surface area contributed by atoms with Crippen LogP contribution < -0.4 is 4.74 Å². The van der Waals surface area contributed by atoms with Gasteiger partial charge in [-0.25, -0.2) is 0 Å². The van der Waals surface area contributed by atoms with Crippen LogP contribution in [0, 0.1) is 26.7 Å². The number of carbonyl (C=O) groups excluding carboxylic acids is 1. The largest absolute Gasteiger partial charge is 0.426 e. The summed E-state index contributed by atoms with van der Waals surface area (Å²) in [6.07, 6.45) is 0.767. The fourth-order valence-corrected chi connectivity index (χ4v) is 2.23. The second-order valence-corrected chi connectivity index (χ2v) is 4.71. The molecule has 17 heavy (non-hydrogen) atoms. The zero-order valence-electron chi connectivity index (χ0n) is 10.6. The van der Waals surface area contributed by atoms with E-state index in [0.717, 1.165) is 17.5 Å². The maximum Gasteiger partial charge on any atom is 0.316 e. The molecule has 1 aliphatic heterocycles. The summed E-state index contributed by atoms with van der Waals surface area (Å²) in [7, 11) is 0. The maximum atomic E-state index is 11.9. The highest BCUT2D eigenvalue weighted by molar-refractivity contribution is 5.76. The highest BCUT2D eigenvalue weighted by atomic mass is 16.5. The Bertz CT molecular complexity index is 408. The number of hydrogen-bond acceptors (Lipinski definition) is 3. The van der Waals surface area contributed by atoms with Crippen LogP contribution in [0.15, 0.2) is 12.1 Å². The van der Waals surface area contributed by atoms with E-state index in [2.05, 4.69) is 0 Å². The van der Waals surface area contributed by atoms with E-state index in [1.807, 2.05) is 32.9 Å². The van der Waals surface area contributed by atoms with E-state index in [4.69, 9.17) is 9.47 Å². The van der Waals surface area contributed by atoms with Gasteiger partial charge in [0.1, 0.15) is 5.75 Å². The molecule has 1 heterocycles. The van der Waals surface area contributed by atoms with E-state index < -0.39 is 0 Å². The van der Waals surface area contributed by atoms with Gasteiger partial charge in [-0.3, -0.25) is 4.79 Å². The van der Waals surface area contributed by atoms with Crippen molar-refractivity contribution in [3.05, 3.63) is 28.8 Å². The third-order valence-corrected chi connectivity index (χ3v) is 3.07. The second-order valence-electron chi connectivity index (χ2n) is 4.71. The predicted octanol–water partition coefficient (Wildman–Crippen LogP) is 2.55. The first-order valence-corrected chi connectivity index (χ1v) is 5.95. The van der Waals surface area contributed by atoms with Gasteiger partial charge >= 0.3 is 5.97 Å². The number of benzene rings is 1. The lowest BCUT2D eigenvalue weighted by Crippen LogP contribution is -2.21. The number of aryl methyl sites for hydroxylation is 3. The van der Waals surface area contributed by atoms with Gasteiger partial charge in [0.25, 0.3) is 0 Å². The zero-order valence-corrected chi connectivity index (χ0v) is 10.6. The third-order valence-electron chi connectivity index (χ3n) is 3.07. The summed E-state index contributed by atoms with van der Waals surface area (Å²) in [4.78, 5) is 11.9. The van der Waals surface area contributed by atoms with Gasteiger partial charge in [-0.2, -0.15) is 0 Å². The van der Waals surface area contributed by atoms with Crippen molar-refractivity contribution >= 4 is 5.97 Å². The molecular weight excluding hydrogens is 216 g/mol. The topological polar surface area (TPSA) is 35.5 Å². The summed E-state index contributed by atoms with van der Waals surface area (Å²) in [5.41, 5.74) is 3.20. The molecule has 0 aliphatic carbocycles. The molecule has 1 aliphatic rings. The SMILES string of the molecule is Cc1cc(C)c(OC(=O)C2CCOC2)c(C)c1. The van der Waals surface area contributed by atoms with Crippen molar-refractivity contribution in [2.45, 2.75) is 27.2 Å². The Morgan fingerprint density at radius 1 is 1.29 bits per heavy atom. The van der Waals surface area contributed by atoms with Crippen LogP contribution in [0.25, 0.3) is 0 Å². The summed E-state index contributed by atoms with van der Waals surface area (Å²) >= 11 is 0. The number of esters is 1. The van der Waals surface area contributed by atoms with Gasteiger partial charge in [0.05, 0.1) is 12.5 Å². The molecule has 1 unspecified atom stereocenters. The molecule has 0 N–H and O–H groups in total. The van der Waals surface area contributed by atoms with E-state index >= 15 is 0 Å². The van der Waals surface area contributed by atoms with Gasteiger partial charge in [-0.1, -0.05) is 17.7 Å². The van der Waals surface area contributed by atoms with Crippen LogP contribution in [0.2, 0.25) is 0 Å². The average molecular weight is 234 g/mol. The summed E-state index contributed by atoms with van der Waals surface area (Å²) in [6, 6.07) is 4.06. The molecule has 2 rings (SSSR count). The number of hydrogen-bond donors (Lipinski definition) is 0. The lowest BCUT2D eigenvalue weighted by atomic mass is 10.1. The standard InChI is InChI=1S/C14H18O3/c1-9-6-10(2)13(11(3)7-9)17-14(15)12-4-5-16-8-12/h6-7,12H,4-5,8H2,1-3H3. The quantitative estimate of drug-likeness (QED) is 0.582. The number of ether oxygens (including phenoxy) is 2. The first-order valence-electron chi connectivity index (χ1n) is 5.95. The summed E-state index contributed by atoms with van der Waals surface area (Å²) in [5, 5.41) is 0. The van der Waals surface area contributed by atoms with Crippen LogP contribution in [0.4, 0.5) is 0 Å². The minimum absolute atomic E-state index is 0.102. The molecule has 1 aromatic carbocycles. The molecule has 1 fully saturated rings. The Morgan fingerprint density at radius 3 is 2.47 bits per heavy atom. The van der Waals surface area contributed by atoms with Crippen molar-refractivity contribution in [3.63, 3.8) is 0 Å². The Hall–Kier alpha value is -1.35. The average Bonchev–Trinajstić information content (AvgIpc) is 2.76. The molecule has 0 saturated carbocycles. The van der Waals surface area contributed by atoms with Crippen LogP contribution in [-0.4, -0.2) is 19.2 Å². The summed E-state index contributed by atoms with van der Waals surface area (Å²) in [6.45, 7) is 7.12. The van der Waals surface area contributed by atoms with Gasteiger partial charge in [-0.05, 0) is 38.3 Å². The highest BCUT2D eigenvalue weighted by Crippen LogP contribution is 2.26. The molecule has 0 spiro atoms. The fraction of sp³-hybridized carbons (Fsp3) is 0.500. The summed E-state index contributed by atoms with van der Waals surface area (Å²) in [5.74, 6) is 0.431. The number of rotatable bonds is 2. The van der Waals surface area contributed by atoms with Crippen LogP contribution in [0.1, 0.15) is 23.1 Å². The molecule has 3 nitrogen and oxygen atoms in total. The van der Waals surface area contributed by atoms with Gasteiger partial charge in [0, 0.05) is 6.61 Å². The lowest BCUT2D eigenvalue weighted by molar-refractivity contribution is -0.138. The molecule has 0 amide bonds. The van der Waals surface area contributed by atoms with Gasteiger partial charge in [0.15, 0.2) is 0 Å². The van der Waals surface area contributed by atoms with E-state index in [9.17, 15) is 4.79 Å². The smallest absolute Gasteiger partial charge is 0.316 e. The van der Waals surface area contributed by atoms with Gasteiger partial charge in [-0.15, -0.1) is 0 Å². The molecule has 92 valence electrons. The first-order chi connectivity index (χ1) is 8.08. The van der Waals surface area contributed by atoms with E-state index in [-0.39, 0.29) is 11.9 Å². The Morgan fingerprint density at radius 2 is 1.94 bits per heavy atom. The van der Waals surface area contributed by atoms with Crippen molar-refractivity contribution in [2.24, 2.45) is 5.92 Å². The highest BCUT2D eigenvalue weighted by Gasteiger charge is 2.26. The van der Waals surface area contributed by atoms with Crippen LogP contribution >= 0.6 is 0 Å². The Labute approximate surface area is 102 Å². The lowest BCUT2D eigenvalue weighted by Gasteiger charge is -2.13. The van der Waals surface area contributed by atoms with E-state index in [1.165, 1.54) is 5.56 Å². The Balaban J connectivity index is 2.15. The zero-order chi connectivity index (χ0) is 12.4. The fourth-order valence-electron chi connectivity index (χ4n) is 2.23. The molecule has 0 radical (unpaired) electrons. The van der Waals surface area contributed by atoms with Crippen molar-refractivity contribution in [2.75, 3.05) is 13.2 Å². The Kier molecular flexibility index (Phi) is 3.48. The monoisotopic (exact) mass is 234 g/mol. The van der Waals surface area contributed by atoms with Crippen molar-refractivity contribution in [1.82, 2.24) is 0 Å². The van der Waals surface area contributed by atoms with Crippen LogP contribution in [0.5, 0.6) is 5.75 Å². The van der Waals surface area contributed by atoms with Crippen molar-refractivity contribution in [3.8, 4) is 5.75 Å². The second kappa shape index (κ2) is 4.88. The normalized spacial score (nSPS) is 19.4. The van der Waals surface area contributed by atoms with Crippen molar-refractivity contribution in [1.29, 1.82) is 0 Å². The molecule has 1 saturated heterocycles. The predicted molar refractivity (Wildman–Crippen MR) is 65.2 cm³/mol. The maximum absolute atomic E-state index is 11.9. The third kappa shape index (κ3) is 2.67.